The number of aromatic nitrogens is 3. The van der Waals surface area contributed by atoms with Crippen molar-refractivity contribution in [2.45, 2.75) is 44.8 Å². The minimum Gasteiger partial charge on any atom is -0.474 e. The molecule has 0 saturated heterocycles. The van der Waals surface area contributed by atoms with Crippen molar-refractivity contribution in [2.24, 2.45) is 0 Å². The van der Waals surface area contributed by atoms with E-state index in [4.69, 9.17) is 9.47 Å². The predicted octanol–water partition coefficient (Wildman–Crippen LogP) is 3.72. The van der Waals surface area contributed by atoms with Gasteiger partial charge < -0.3 is 14.0 Å². The summed E-state index contributed by atoms with van der Waals surface area (Å²) in [5.41, 5.74) is 4.07. The Balaban J connectivity index is 1.32. The number of hydrogen-bond donors (Lipinski definition) is 1. The summed E-state index contributed by atoms with van der Waals surface area (Å²) in [5, 5.41) is 2.76. The van der Waals surface area contributed by atoms with Gasteiger partial charge in [-0.3, -0.25) is 15.0 Å². The first-order valence-corrected chi connectivity index (χ1v) is 11.1. The van der Waals surface area contributed by atoms with Crippen molar-refractivity contribution in [1.29, 1.82) is 0 Å². The molecule has 164 valence electrons. The van der Waals surface area contributed by atoms with Gasteiger partial charge in [0.15, 0.2) is 0 Å². The van der Waals surface area contributed by atoms with E-state index >= 15 is 0 Å². The number of nitrogens with one attached hydrogen (secondary N) is 1. The number of rotatable bonds is 2. The maximum absolute atomic E-state index is 12.9. The number of fused-ring (bicyclic) bond motifs is 4. The van der Waals surface area contributed by atoms with Gasteiger partial charge in [-0.1, -0.05) is 12.5 Å². The normalized spacial score (nSPS) is 18.1. The second-order valence-corrected chi connectivity index (χ2v) is 8.47. The monoisotopic (exact) mass is 433 g/mol. The molecule has 1 aliphatic carbocycles. The van der Waals surface area contributed by atoms with Crippen LogP contribution in [0.2, 0.25) is 0 Å². The zero-order valence-electron chi connectivity index (χ0n) is 17.5. The van der Waals surface area contributed by atoms with Gasteiger partial charge in [0.05, 0.1) is 17.6 Å². The van der Waals surface area contributed by atoms with Crippen molar-refractivity contribution >= 4 is 34.7 Å². The quantitative estimate of drug-likeness (QED) is 0.661. The smallest absolute Gasteiger partial charge is 0.414 e. The van der Waals surface area contributed by atoms with E-state index in [1.54, 1.807) is 11.1 Å². The Morgan fingerprint density at radius 3 is 2.91 bits per heavy atom. The molecule has 1 fully saturated rings. The Morgan fingerprint density at radius 2 is 2.03 bits per heavy atom. The molecule has 2 aliphatic heterocycles. The number of hydrogen-bond acceptors (Lipinski definition) is 6. The van der Waals surface area contributed by atoms with Crippen LogP contribution < -0.4 is 15.0 Å². The number of ether oxygens (including phenoxy) is 2. The van der Waals surface area contributed by atoms with Gasteiger partial charge in [0.25, 0.3) is 0 Å². The number of benzene rings is 1. The van der Waals surface area contributed by atoms with E-state index < -0.39 is 0 Å². The molecule has 9 heteroatoms. The third-order valence-corrected chi connectivity index (χ3v) is 6.35. The molecule has 1 N–H and O–H groups in total. The Morgan fingerprint density at radius 1 is 1.16 bits per heavy atom. The Hall–Kier alpha value is -3.62. The van der Waals surface area contributed by atoms with Crippen molar-refractivity contribution in [3.8, 4) is 17.0 Å². The van der Waals surface area contributed by atoms with Crippen LogP contribution in [-0.4, -0.2) is 45.8 Å². The highest BCUT2D eigenvalue weighted by Crippen LogP contribution is 2.36. The van der Waals surface area contributed by atoms with Gasteiger partial charge in [0, 0.05) is 11.8 Å². The van der Waals surface area contributed by atoms with Crippen molar-refractivity contribution in [3.63, 3.8) is 0 Å². The van der Waals surface area contributed by atoms with Gasteiger partial charge in [-0.2, -0.15) is 0 Å². The summed E-state index contributed by atoms with van der Waals surface area (Å²) in [6.45, 7) is 1.06. The molecule has 0 atom stereocenters. The van der Waals surface area contributed by atoms with Crippen LogP contribution in [0.4, 0.5) is 16.4 Å². The van der Waals surface area contributed by atoms with Gasteiger partial charge in [-0.05, 0) is 49.4 Å². The molecule has 9 nitrogen and oxygen atoms in total. The standard InChI is InChI=1S/C23H23N5O4/c29-20-13-28-18-10-14(6-7-17(18)25-22(28)26-20)15-11-19-21(24-12-15)31-9-8-27(19)23(30)32-16-4-2-1-3-5-16/h6-7,10-12,16H,1-5,8-9,13H2,(H,25,26,29). The molecule has 32 heavy (non-hydrogen) atoms. The van der Waals surface area contributed by atoms with Crippen LogP contribution in [0.3, 0.4) is 0 Å². The predicted molar refractivity (Wildman–Crippen MR) is 118 cm³/mol. The minimum atomic E-state index is -0.339. The largest absolute Gasteiger partial charge is 0.474 e. The summed E-state index contributed by atoms with van der Waals surface area (Å²) in [6.07, 6.45) is 6.64. The molecule has 2 amide bonds. The average molecular weight is 433 g/mol. The van der Waals surface area contributed by atoms with Crippen LogP contribution in [0, 0.1) is 0 Å². The molecule has 3 aliphatic rings. The molecule has 4 heterocycles. The van der Waals surface area contributed by atoms with Crippen molar-refractivity contribution < 1.29 is 19.1 Å². The van der Waals surface area contributed by atoms with Crippen LogP contribution >= 0.6 is 0 Å². The fourth-order valence-electron chi connectivity index (χ4n) is 4.70. The maximum atomic E-state index is 12.9. The van der Waals surface area contributed by atoms with Crippen LogP contribution in [-0.2, 0) is 16.1 Å². The number of imidazole rings is 1. The highest BCUT2D eigenvalue weighted by molar-refractivity contribution is 5.98. The van der Waals surface area contributed by atoms with Gasteiger partial charge >= 0.3 is 6.09 Å². The van der Waals surface area contributed by atoms with E-state index in [9.17, 15) is 9.59 Å². The second kappa shape index (κ2) is 7.51. The molecule has 0 unspecified atom stereocenters. The van der Waals surface area contributed by atoms with Crippen molar-refractivity contribution in [2.75, 3.05) is 23.4 Å². The summed E-state index contributed by atoms with van der Waals surface area (Å²) in [4.78, 5) is 35.2. The lowest BCUT2D eigenvalue weighted by atomic mass is 9.98. The minimum absolute atomic E-state index is 0.0126. The molecular weight excluding hydrogens is 410 g/mol. The summed E-state index contributed by atoms with van der Waals surface area (Å²) >= 11 is 0. The number of nitrogens with zero attached hydrogens (tertiary/aromatic N) is 4. The van der Waals surface area contributed by atoms with Crippen LogP contribution in [0.15, 0.2) is 30.5 Å². The number of carbonyl (C=O) groups excluding carboxylic acids is 2. The zero-order valence-corrected chi connectivity index (χ0v) is 17.5. The van der Waals surface area contributed by atoms with E-state index in [-0.39, 0.29) is 24.6 Å². The topological polar surface area (TPSA) is 98.6 Å². The van der Waals surface area contributed by atoms with Gasteiger partial charge in [0.2, 0.25) is 17.7 Å². The van der Waals surface area contributed by atoms with E-state index in [1.807, 2.05) is 28.8 Å². The first kappa shape index (κ1) is 19.1. The third kappa shape index (κ3) is 3.24. The molecule has 0 bridgehead atoms. The molecule has 1 aromatic carbocycles. The van der Waals surface area contributed by atoms with E-state index in [0.717, 1.165) is 47.8 Å². The van der Waals surface area contributed by atoms with Gasteiger partial charge in [-0.25, -0.2) is 14.8 Å². The summed E-state index contributed by atoms with van der Waals surface area (Å²) in [5.74, 6) is 0.928. The molecule has 0 radical (unpaired) electrons. The maximum Gasteiger partial charge on any atom is 0.414 e. The fourth-order valence-corrected chi connectivity index (χ4v) is 4.70. The first-order valence-electron chi connectivity index (χ1n) is 11.1. The Labute approximate surface area is 184 Å². The molecular formula is C23H23N5O4. The third-order valence-electron chi connectivity index (χ3n) is 6.35. The number of amides is 2. The van der Waals surface area contributed by atoms with Gasteiger partial charge in [-0.15, -0.1) is 0 Å². The highest BCUT2D eigenvalue weighted by Gasteiger charge is 2.29. The van der Waals surface area contributed by atoms with Gasteiger partial charge in [0.1, 0.15) is 24.9 Å². The zero-order chi connectivity index (χ0) is 21.7. The molecule has 0 spiro atoms. The fraction of sp³-hybridized carbons (Fsp3) is 0.391. The SMILES string of the molecule is O=C1Cn2c(nc3ccc(-c4cnc5c(c4)N(C(=O)OC4CCCCC4)CCO5)cc32)N1. The van der Waals surface area contributed by atoms with Crippen molar-refractivity contribution in [3.05, 3.63) is 30.5 Å². The lowest BCUT2D eigenvalue weighted by molar-refractivity contribution is -0.115. The van der Waals surface area contributed by atoms with E-state index in [1.165, 1.54) is 6.42 Å². The van der Waals surface area contributed by atoms with Crippen molar-refractivity contribution in [1.82, 2.24) is 14.5 Å². The summed E-state index contributed by atoms with van der Waals surface area (Å²) < 4.78 is 13.4. The summed E-state index contributed by atoms with van der Waals surface area (Å²) in [7, 11) is 0. The summed E-state index contributed by atoms with van der Waals surface area (Å²) in [6, 6.07) is 7.79. The van der Waals surface area contributed by atoms with Crippen LogP contribution in [0.1, 0.15) is 32.1 Å². The lowest BCUT2D eigenvalue weighted by Gasteiger charge is -2.31. The molecule has 3 aromatic rings. The highest BCUT2D eigenvalue weighted by atomic mass is 16.6. The van der Waals surface area contributed by atoms with Crippen LogP contribution in [0.25, 0.3) is 22.2 Å². The molecule has 2 aromatic heterocycles. The Bertz CT molecular complexity index is 1230. The molecule has 6 rings (SSSR count). The first-order chi connectivity index (χ1) is 15.7. The number of anilines is 2. The molecule has 1 saturated carbocycles. The lowest BCUT2D eigenvalue weighted by Crippen LogP contribution is -2.40. The number of pyridine rings is 1. The second-order valence-electron chi connectivity index (χ2n) is 8.47. The van der Waals surface area contributed by atoms with E-state index in [0.29, 0.717) is 30.7 Å². The number of carbonyl (C=O) groups is 2. The Kier molecular flexibility index (Phi) is 4.48. The average Bonchev–Trinajstić information content (AvgIpc) is 3.34. The van der Waals surface area contributed by atoms with E-state index in [2.05, 4.69) is 15.3 Å². The van der Waals surface area contributed by atoms with Crippen LogP contribution in [0.5, 0.6) is 5.88 Å².